The van der Waals surface area contributed by atoms with Crippen molar-refractivity contribution >= 4 is 6.29 Å². The van der Waals surface area contributed by atoms with Crippen LogP contribution in [0.2, 0.25) is 0 Å². The van der Waals surface area contributed by atoms with Gasteiger partial charge in [-0.2, -0.15) is 0 Å². The van der Waals surface area contributed by atoms with E-state index in [0.29, 0.717) is 0 Å². The van der Waals surface area contributed by atoms with E-state index in [1.807, 2.05) is 23.9 Å². The molecule has 0 saturated heterocycles. The molecule has 0 aliphatic heterocycles. The molecular formula is C7H9NO. The van der Waals surface area contributed by atoms with Crippen molar-refractivity contribution in [2.24, 2.45) is 0 Å². The van der Waals surface area contributed by atoms with Gasteiger partial charge in [0.25, 0.3) is 0 Å². The van der Waals surface area contributed by atoms with Crippen molar-refractivity contribution in [3.63, 3.8) is 0 Å². The third kappa shape index (κ3) is 1.19. The summed E-state index contributed by atoms with van der Waals surface area (Å²) in [5, 5.41) is 0. The molecule has 0 fully saturated rings. The largest absolute Gasteiger partial charge is 0.354 e. The summed E-state index contributed by atoms with van der Waals surface area (Å²) < 4.78 is 1.96. The first kappa shape index (κ1) is 6.08. The fourth-order valence-electron chi connectivity index (χ4n) is 0.726. The van der Waals surface area contributed by atoms with Gasteiger partial charge in [-0.1, -0.05) is 0 Å². The quantitative estimate of drug-likeness (QED) is 0.543. The Morgan fingerprint density at radius 1 is 1.78 bits per heavy atom. The number of carbonyl (C=O) groups excluding carboxylic acids is 1. The lowest BCUT2D eigenvalue weighted by molar-refractivity contribution is 0.112. The van der Waals surface area contributed by atoms with Crippen LogP contribution in [0, 0.1) is 0 Å². The maximum absolute atomic E-state index is 10.1. The van der Waals surface area contributed by atoms with Crippen molar-refractivity contribution in [3.8, 4) is 0 Å². The van der Waals surface area contributed by atoms with Gasteiger partial charge < -0.3 is 4.57 Å². The SMILES string of the molecule is CCn1ccc(C=O)c1. The summed E-state index contributed by atoms with van der Waals surface area (Å²) in [6.07, 6.45) is 4.57. The number of aromatic nitrogens is 1. The number of carbonyl (C=O) groups is 1. The van der Waals surface area contributed by atoms with E-state index >= 15 is 0 Å². The molecule has 0 saturated carbocycles. The van der Waals surface area contributed by atoms with Crippen LogP contribution in [0.15, 0.2) is 18.5 Å². The lowest BCUT2D eigenvalue weighted by Crippen LogP contribution is -1.86. The van der Waals surface area contributed by atoms with Gasteiger partial charge in [0.05, 0.1) is 0 Å². The van der Waals surface area contributed by atoms with Gasteiger partial charge in [0.2, 0.25) is 0 Å². The molecule has 48 valence electrons. The van der Waals surface area contributed by atoms with Crippen LogP contribution in [0.3, 0.4) is 0 Å². The normalized spacial score (nSPS) is 9.44. The van der Waals surface area contributed by atoms with Crippen LogP contribution in [-0.2, 0) is 6.54 Å². The predicted molar refractivity (Wildman–Crippen MR) is 35.5 cm³/mol. The van der Waals surface area contributed by atoms with Crippen molar-refractivity contribution in [2.45, 2.75) is 13.5 Å². The molecule has 9 heavy (non-hydrogen) atoms. The first-order valence-corrected chi connectivity index (χ1v) is 2.97. The second kappa shape index (κ2) is 2.49. The van der Waals surface area contributed by atoms with E-state index in [0.717, 1.165) is 18.4 Å². The predicted octanol–water partition coefficient (Wildman–Crippen LogP) is 1.32. The minimum Gasteiger partial charge on any atom is -0.354 e. The van der Waals surface area contributed by atoms with Gasteiger partial charge in [-0.15, -0.1) is 0 Å². The maximum Gasteiger partial charge on any atom is 0.151 e. The van der Waals surface area contributed by atoms with Crippen LogP contribution >= 0.6 is 0 Å². The van der Waals surface area contributed by atoms with Gasteiger partial charge in [-0.05, 0) is 13.0 Å². The van der Waals surface area contributed by atoms with Crippen molar-refractivity contribution in [3.05, 3.63) is 24.0 Å². The molecule has 1 heterocycles. The number of nitrogens with zero attached hydrogens (tertiary/aromatic N) is 1. The highest BCUT2D eigenvalue weighted by atomic mass is 16.1. The van der Waals surface area contributed by atoms with Crippen molar-refractivity contribution in [1.29, 1.82) is 0 Å². The second-order valence-corrected chi connectivity index (χ2v) is 1.89. The molecule has 0 radical (unpaired) electrons. The molecular weight excluding hydrogens is 114 g/mol. The summed E-state index contributed by atoms with van der Waals surface area (Å²) in [5.74, 6) is 0. The highest BCUT2D eigenvalue weighted by Crippen LogP contribution is 1.96. The van der Waals surface area contributed by atoms with E-state index in [9.17, 15) is 4.79 Å². The molecule has 2 heteroatoms. The zero-order valence-electron chi connectivity index (χ0n) is 5.37. The van der Waals surface area contributed by atoms with E-state index in [1.165, 1.54) is 0 Å². The third-order valence-electron chi connectivity index (χ3n) is 1.27. The molecule has 0 unspecified atom stereocenters. The Balaban J connectivity index is 2.86. The highest BCUT2D eigenvalue weighted by molar-refractivity contribution is 5.74. The molecule has 0 aliphatic rings. The fraction of sp³-hybridized carbons (Fsp3) is 0.286. The van der Waals surface area contributed by atoms with Gasteiger partial charge in [-0.25, -0.2) is 0 Å². The number of hydrogen-bond donors (Lipinski definition) is 0. The van der Waals surface area contributed by atoms with E-state index < -0.39 is 0 Å². The van der Waals surface area contributed by atoms with E-state index in [2.05, 4.69) is 0 Å². The van der Waals surface area contributed by atoms with Crippen molar-refractivity contribution in [2.75, 3.05) is 0 Å². The number of hydrogen-bond acceptors (Lipinski definition) is 1. The van der Waals surface area contributed by atoms with Gasteiger partial charge in [-0.3, -0.25) is 4.79 Å². The molecule has 0 aromatic carbocycles. The summed E-state index contributed by atoms with van der Waals surface area (Å²) in [6.45, 7) is 2.96. The fourth-order valence-corrected chi connectivity index (χ4v) is 0.726. The monoisotopic (exact) mass is 123 g/mol. The Hall–Kier alpha value is -1.05. The molecule has 2 nitrogen and oxygen atoms in total. The Morgan fingerprint density at radius 3 is 2.89 bits per heavy atom. The number of aldehydes is 1. The van der Waals surface area contributed by atoms with E-state index in [-0.39, 0.29) is 0 Å². The highest BCUT2D eigenvalue weighted by Gasteiger charge is 1.89. The molecule has 1 aromatic heterocycles. The summed E-state index contributed by atoms with van der Waals surface area (Å²) in [4.78, 5) is 10.1. The Morgan fingerprint density at radius 2 is 2.56 bits per heavy atom. The van der Waals surface area contributed by atoms with Gasteiger partial charge in [0.1, 0.15) is 0 Å². The number of rotatable bonds is 2. The summed E-state index contributed by atoms with van der Waals surface area (Å²) >= 11 is 0. The van der Waals surface area contributed by atoms with Gasteiger partial charge in [0, 0.05) is 24.5 Å². The topological polar surface area (TPSA) is 22.0 Å². The van der Waals surface area contributed by atoms with Crippen LogP contribution in [0.4, 0.5) is 0 Å². The molecule has 0 aliphatic carbocycles. The first-order valence-electron chi connectivity index (χ1n) is 2.97. The second-order valence-electron chi connectivity index (χ2n) is 1.89. The van der Waals surface area contributed by atoms with Crippen LogP contribution in [0.25, 0.3) is 0 Å². The van der Waals surface area contributed by atoms with Crippen LogP contribution in [0.1, 0.15) is 17.3 Å². The standard InChI is InChI=1S/C7H9NO/c1-2-8-4-3-7(5-8)6-9/h3-6H,2H2,1H3. The smallest absolute Gasteiger partial charge is 0.151 e. The third-order valence-corrected chi connectivity index (χ3v) is 1.27. The van der Waals surface area contributed by atoms with Crippen molar-refractivity contribution < 1.29 is 4.79 Å². The van der Waals surface area contributed by atoms with E-state index in [4.69, 9.17) is 0 Å². The number of aryl methyl sites for hydroxylation is 1. The van der Waals surface area contributed by atoms with Gasteiger partial charge in [0.15, 0.2) is 6.29 Å². The molecule has 0 spiro atoms. The molecule has 1 aromatic rings. The molecule has 0 atom stereocenters. The van der Waals surface area contributed by atoms with Crippen LogP contribution in [-0.4, -0.2) is 10.9 Å². The lowest BCUT2D eigenvalue weighted by Gasteiger charge is -1.90. The molecule has 0 amide bonds. The zero-order valence-corrected chi connectivity index (χ0v) is 5.37. The summed E-state index contributed by atoms with van der Waals surface area (Å²) in [6, 6.07) is 1.80. The van der Waals surface area contributed by atoms with Gasteiger partial charge >= 0.3 is 0 Å². The molecule has 0 bridgehead atoms. The Bertz CT molecular complexity index is 202. The van der Waals surface area contributed by atoms with E-state index in [1.54, 1.807) is 6.07 Å². The Labute approximate surface area is 54.1 Å². The first-order chi connectivity index (χ1) is 4.36. The lowest BCUT2D eigenvalue weighted by atomic mass is 10.4. The average molecular weight is 123 g/mol. The van der Waals surface area contributed by atoms with Crippen LogP contribution in [0.5, 0.6) is 0 Å². The average Bonchev–Trinajstić information content (AvgIpc) is 2.34. The molecule has 0 N–H and O–H groups in total. The minimum atomic E-state index is 0.747. The Kier molecular flexibility index (Phi) is 1.68. The molecule has 1 rings (SSSR count). The van der Waals surface area contributed by atoms with Crippen LogP contribution < -0.4 is 0 Å². The van der Waals surface area contributed by atoms with Crippen molar-refractivity contribution in [1.82, 2.24) is 4.57 Å². The summed E-state index contributed by atoms with van der Waals surface area (Å²) in [7, 11) is 0. The summed E-state index contributed by atoms with van der Waals surface area (Å²) in [5.41, 5.74) is 0.747. The zero-order chi connectivity index (χ0) is 6.69. The maximum atomic E-state index is 10.1. The minimum absolute atomic E-state index is 0.747.